The smallest absolute Gasteiger partial charge is 0.324 e. The molecule has 0 aliphatic carbocycles. The van der Waals surface area contributed by atoms with E-state index in [0.717, 1.165) is 0 Å². The Bertz CT molecular complexity index is 256. The van der Waals surface area contributed by atoms with E-state index < -0.39 is 21.1 Å². The van der Waals surface area contributed by atoms with Crippen molar-refractivity contribution >= 4 is 15.2 Å². The number of rotatable bonds is 8. The van der Waals surface area contributed by atoms with Crippen LogP contribution in [-0.2, 0) is 22.7 Å². The predicted octanol–water partition coefficient (Wildman–Crippen LogP) is 2.43. The zero-order valence-electron chi connectivity index (χ0n) is 9.21. The molecule has 6 nitrogen and oxygen atoms in total. The average molecular weight is 260 g/mol. The topological polar surface area (TPSA) is 82.1 Å². The second kappa shape index (κ2) is 6.79. The Hall–Kier alpha value is 0.300. The summed E-state index contributed by atoms with van der Waals surface area (Å²) in [6.07, 6.45) is 0. The van der Waals surface area contributed by atoms with E-state index in [9.17, 15) is 14.0 Å². The highest BCUT2D eigenvalue weighted by Crippen LogP contribution is 2.61. The highest BCUT2D eigenvalue weighted by Gasteiger charge is 2.35. The molecule has 0 amide bonds. The van der Waals surface area contributed by atoms with Gasteiger partial charge in [0.2, 0.25) is 0 Å². The average Bonchev–Trinajstić information content (AvgIpc) is 2.02. The van der Waals surface area contributed by atoms with Gasteiger partial charge in [0.25, 0.3) is 0 Å². The summed E-state index contributed by atoms with van der Waals surface area (Å²) in [5, 5.41) is 0. The van der Waals surface area contributed by atoms with Gasteiger partial charge in [0.15, 0.2) is 5.90 Å². The summed E-state index contributed by atoms with van der Waals surface area (Å²) in [7, 11) is -7.40. The maximum Gasteiger partial charge on any atom is 0.342 e. The standard InChI is InChI=1S/C7H18O6P2/c1-4-11-14(8,9)7-15(10,12-5-2)13-6-3/h4-7H2,1-3H3,(H,8,9). The van der Waals surface area contributed by atoms with Gasteiger partial charge in [-0.15, -0.1) is 0 Å². The van der Waals surface area contributed by atoms with Crippen molar-refractivity contribution in [1.82, 2.24) is 0 Å². The molecule has 0 bridgehead atoms. The van der Waals surface area contributed by atoms with Crippen molar-refractivity contribution in [1.29, 1.82) is 0 Å². The molecule has 1 unspecified atom stereocenters. The molecule has 0 aromatic heterocycles. The molecule has 0 radical (unpaired) electrons. The van der Waals surface area contributed by atoms with Crippen molar-refractivity contribution in [2.24, 2.45) is 0 Å². The molecule has 0 saturated carbocycles. The zero-order chi connectivity index (χ0) is 11.9. The quantitative estimate of drug-likeness (QED) is 0.675. The molecule has 0 fully saturated rings. The molecule has 92 valence electrons. The van der Waals surface area contributed by atoms with Gasteiger partial charge in [0, 0.05) is 0 Å². The van der Waals surface area contributed by atoms with Crippen LogP contribution < -0.4 is 0 Å². The van der Waals surface area contributed by atoms with Crippen LogP contribution in [0.2, 0.25) is 0 Å². The van der Waals surface area contributed by atoms with E-state index in [0.29, 0.717) is 0 Å². The van der Waals surface area contributed by atoms with Crippen LogP contribution in [0.5, 0.6) is 0 Å². The number of hydrogen-bond acceptors (Lipinski definition) is 5. The molecule has 15 heavy (non-hydrogen) atoms. The van der Waals surface area contributed by atoms with Crippen LogP contribution in [0.15, 0.2) is 0 Å². The second-order valence-electron chi connectivity index (χ2n) is 2.64. The van der Waals surface area contributed by atoms with Crippen LogP contribution in [0.25, 0.3) is 0 Å². The monoisotopic (exact) mass is 260 g/mol. The van der Waals surface area contributed by atoms with E-state index in [-0.39, 0.29) is 19.8 Å². The third kappa shape index (κ3) is 6.46. The van der Waals surface area contributed by atoms with Gasteiger partial charge < -0.3 is 18.5 Å². The molecule has 0 aromatic rings. The fourth-order valence-corrected chi connectivity index (χ4v) is 4.97. The fourth-order valence-electron chi connectivity index (χ4n) is 0.974. The van der Waals surface area contributed by atoms with Crippen molar-refractivity contribution in [3.8, 4) is 0 Å². The molecule has 1 atom stereocenters. The molecule has 1 N–H and O–H groups in total. The van der Waals surface area contributed by atoms with E-state index in [4.69, 9.17) is 9.05 Å². The van der Waals surface area contributed by atoms with E-state index in [2.05, 4.69) is 4.52 Å². The van der Waals surface area contributed by atoms with Crippen LogP contribution in [-0.4, -0.2) is 30.6 Å². The summed E-state index contributed by atoms with van der Waals surface area (Å²) in [4.78, 5) is 9.30. The molecule has 0 spiro atoms. The highest BCUT2D eigenvalue weighted by atomic mass is 31.2. The van der Waals surface area contributed by atoms with E-state index in [1.807, 2.05) is 0 Å². The SMILES string of the molecule is CCOP(=O)(O)CP(=O)(OCC)OCC. The summed E-state index contributed by atoms with van der Waals surface area (Å²) in [6.45, 7) is 5.23. The van der Waals surface area contributed by atoms with Gasteiger partial charge in [-0.2, -0.15) is 0 Å². The summed E-state index contributed by atoms with van der Waals surface area (Å²) in [6, 6.07) is 0. The summed E-state index contributed by atoms with van der Waals surface area (Å²) < 4.78 is 37.6. The first-order chi connectivity index (χ1) is 6.89. The van der Waals surface area contributed by atoms with Crippen molar-refractivity contribution in [2.75, 3.05) is 25.7 Å². The van der Waals surface area contributed by atoms with Crippen molar-refractivity contribution in [2.45, 2.75) is 20.8 Å². The molecule has 0 heterocycles. The first-order valence-electron chi connectivity index (χ1n) is 4.73. The fraction of sp³-hybridized carbons (Fsp3) is 1.00. The van der Waals surface area contributed by atoms with Crippen molar-refractivity contribution in [3.63, 3.8) is 0 Å². The molecule has 0 aliphatic heterocycles. The van der Waals surface area contributed by atoms with Gasteiger partial charge in [-0.1, -0.05) is 0 Å². The minimum atomic E-state index is -3.89. The van der Waals surface area contributed by atoms with Crippen LogP contribution >= 0.6 is 15.2 Å². The molecule has 0 saturated heterocycles. The van der Waals surface area contributed by atoms with Crippen LogP contribution in [0.3, 0.4) is 0 Å². The third-order valence-corrected chi connectivity index (χ3v) is 6.11. The normalized spacial score (nSPS) is 16.3. The van der Waals surface area contributed by atoms with Crippen molar-refractivity contribution < 1.29 is 27.6 Å². The molecule has 0 rings (SSSR count). The maximum absolute atomic E-state index is 11.8. The van der Waals surface area contributed by atoms with Gasteiger partial charge in [0.05, 0.1) is 19.8 Å². The summed E-state index contributed by atoms with van der Waals surface area (Å²) in [5.74, 6) is -0.602. The molecule has 0 aromatic carbocycles. The van der Waals surface area contributed by atoms with Crippen molar-refractivity contribution in [3.05, 3.63) is 0 Å². The Kier molecular flexibility index (Phi) is 6.93. The molecular weight excluding hydrogens is 242 g/mol. The lowest BCUT2D eigenvalue weighted by Gasteiger charge is -2.19. The largest absolute Gasteiger partial charge is 0.342 e. The minimum absolute atomic E-state index is 0.0754. The lowest BCUT2D eigenvalue weighted by Crippen LogP contribution is -2.02. The van der Waals surface area contributed by atoms with Gasteiger partial charge in [-0.05, 0) is 20.8 Å². The van der Waals surface area contributed by atoms with E-state index in [1.165, 1.54) is 0 Å². The van der Waals surface area contributed by atoms with Crippen LogP contribution in [0, 0.1) is 0 Å². The third-order valence-electron chi connectivity index (χ3n) is 1.33. The Morgan fingerprint density at radius 2 is 1.33 bits per heavy atom. The van der Waals surface area contributed by atoms with Crippen LogP contribution in [0.4, 0.5) is 0 Å². The summed E-state index contributed by atoms with van der Waals surface area (Å²) >= 11 is 0. The molecule has 0 aliphatic rings. The van der Waals surface area contributed by atoms with Gasteiger partial charge in [0.1, 0.15) is 0 Å². The first-order valence-corrected chi connectivity index (χ1v) is 8.22. The summed E-state index contributed by atoms with van der Waals surface area (Å²) in [5.41, 5.74) is 0. The van der Waals surface area contributed by atoms with Crippen LogP contribution in [0.1, 0.15) is 20.8 Å². The van der Waals surface area contributed by atoms with Gasteiger partial charge in [-0.25, -0.2) is 0 Å². The van der Waals surface area contributed by atoms with Gasteiger partial charge in [-0.3, -0.25) is 9.13 Å². The predicted molar refractivity (Wildman–Crippen MR) is 57.2 cm³/mol. The molecular formula is C7H18O6P2. The first kappa shape index (κ1) is 15.3. The highest BCUT2D eigenvalue weighted by molar-refractivity contribution is 7.70. The minimum Gasteiger partial charge on any atom is -0.324 e. The van der Waals surface area contributed by atoms with Gasteiger partial charge >= 0.3 is 15.2 Å². The maximum atomic E-state index is 11.8. The number of hydrogen-bond donors (Lipinski definition) is 1. The van der Waals surface area contributed by atoms with E-state index in [1.54, 1.807) is 20.8 Å². The lowest BCUT2D eigenvalue weighted by molar-refractivity contribution is 0.219. The second-order valence-corrected chi connectivity index (χ2v) is 7.05. The van der Waals surface area contributed by atoms with E-state index >= 15 is 0 Å². The molecule has 8 heteroatoms. The lowest BCUT2D eigenvalue weighted by atomic mass is 10.9. The Balaban J connectivity index is 4.53. The Labute approximate surface area is 90.0 Å². The Morgan fingerprint density at radius 1 is 0.933 bits per heavy atom. The zero-order valence-corrected chi connectivity index (χ0v) is 11.0. The Morgan fingerprint density at radius 3 is 1.67 bits per heavy atom.